The smallest absolute Gasteiger partial charge is 0.338 e. The van der Waals surface area contributed by atoms with E-state index in [2.05, 4.69) is 5.32 Å². The number of hydrogen-bond acceptors (Lipinski definition) is 4. The van der Waals surface area contributed by atoms with Crippen LogP contribution >= 0.6 is 0 Å². The Hall–Kier alpha value is -2.82. The minimum atomic E-state index is -0.559. The first kappa shape index (κ1) is 17.5. The number of carbonyl (C=O) groups excluding carboxylic acids is 2. The summed E-state index contributed by atoms with van der Waals surface area (Å²) in [4.78, 5) is 24.0. The van der Waals surface area contributed by atoms with E-state index >= 15 is 0 Å². The van der Waals surface area contributed by atoms with E-state index < -0.39 is 5.97 Å². The zero-order valence-corrected chi connectivity index (χ0v) is 14.0. The second-order valence-electron chi connectivity index (χ2n) is 5.46. The quantitative estimate of drug-likeness (QED) is 0.828. The van der Waals surface area contributed by atoms with Gasteiger partial charge in [0.15, 0.2) is 6.61 Å². The molecular weight excluding hydrogens is 306 g/mol. The predicted octanol–water partition coefficient (Wildman–Crippen LogP) is 3.04. The first-order valence-electron chi connectivity index (χ1n) is 7.67. The van der Waals surface area contributed by atoms with E-state index in [0.29, 0.717) is 11.3 Å². The molecule has 126 valence electrons. The van der Waals surface area contributed by atoms with Crippen molar-refractivity contribution >= 4 is 11.9 Å². The fourth-order valence-electron chi connectivity index (χ4n) is 2.27. The van der Waals surface area contributed by atoms with Crippen LogP contribution < -0.4 is 10.1 Å². The first-order valence-corrected chi connectivity index (χ1v) is 7.67. The minimum Gasteiger partial charge on any atom is -0.496 e. The molecule has 1 N–H and O–H groups in total. The van der Waals surface area contributed by atoms with Crippen LogP contribution in [0, 0.1) is 6.92 Å². The largest absolute Gasteiger partial charge is 0.496 e. The average Bonchev–Trinajstić information content (AvgIpc) is 2.60. The lowest BCUT2D eigenvalue weighted by molar-refractivity contribution is -0.124. The summed E-state index contributed by atoms with van der Waals surface area (Å²) in [5.41, 5.74) is 2.25. The fourth-order valence-corrected chi connectivity index (χ4v) is 2.27. The third kappa shape index (κ3) is 4.59. The van der Waals surface area contributed by atoms with Crippen LogP contribution in [0.1, 0.15) is 34.5 Å². The Balaban J connectivity index is 1.88. The van der Waals surface area contributed by atoms with E-state index in [9.17, 15) is 9.59 Å². The Bertz CT molecular complexity index is 713. The third-order valence-corrected chi connectivity index (χ3v) is 3.66. The summed E-state index contributed by atoms with van der Waals surface area (Å²) in [6, 6.07) is 14.4. The van der Waals surface area contributed by atoms with Gasteiger partial charge in [-0.25, -0.2) is 4.79 Å². The molecule has 0 unspecified atom stereocenters. The number of benzene rings is 2. The summed E-state index contributed by atoms with van der Waals surface area (Å²) in [5, 5.41) is 2.79. The summed E-state index contributed by atoms with van der Waals surface area (Å²) in [7, 11) is 1.54. The van der Waals surface area contributed by atoms with Crippen LogP contribution in [-0.4, -0.2) is 25.6 Å². The second kappa shape index (κ2) is 8.15. The van der Waals surface area contributed by atoms with Crippen LogP contribution in [0.3, 0.4) is 0 Å². The summed E-state index contributed by atoms with van der Waals surface area (Å²) in [6.07, 6.45) is 0. The Morgan fingerprint density at radius 2 is 1.83 bits per heavy atom. The number of carbonyl (C=O) groups is 2. The Kier molecular flexibility index (Phi) is 5.95. The zero-order valence-electron chi connectivity index (χ0n) is 14.0. The van der Waals surface area contributed by atoms with Crippen LogP contribution in [0.4, 0.5) is 0 Å². The molecule has 0 aliphatic rings. The van der Waals surface area contributed by atoms with Crippen molar-refractivity contribution in [3.8, 4) is 5.75 Å². The van der Waals surface area contributed by atoms with Gasteiger partial charge in [0, 0.05) is 0 Å². The van der Waals surface area contributed by atoms with E-state index in [4.69, 9.17) is 9.47 Å². The summed E-state index contributed by atoms with van der Waals surface area (Å²) < 4.78 is 10.2. The molecule has 1 atom stereocenters. The number of nitrogens with one attached hydrogen (secondary N) is 1. The van der Waals surface area contributed by atoms with Crippen LogP contribution in [0.2, 0.25) is 0 Å². The number of amides is 1. The van der Waals surface area contributed by atoms with Crippen molar-refractivity contribution in [3.05, 3.63) is 65.2 Å². The molecule has 0 bridgehead atoms. The molecule has 0 aliphatic carbocycles. The molecule has 2 aromatic rings. The molecule has 5 nitrogen and oxygen atoms in total. The lowest BCUT2D eigenvalue weighted by Gasteiger charge is -2.14. The fraction of sp³-hybridized carbons (Fsp3) is 0.263. The number of esters is 1. The number of methoxy groups -OCH3 is 1. The van der Waals surface area contributed by atoms with Gasteiger partial charge in [0.05, 0.1) is 18.7 Å². The van der Waals surface area contributed by atoms with Gasteiger partial charge < -0.3 is 14.8 Å². The zero-order chi connectivity index (χ0) is 17.5. The molecule has 0 fully saturated rings. The van der Waals surface area contributed by atoms with Gasteiger partial charge in [-0.05, 0) is 37.1 Å². The van der Waals surface area contributed by atoms with Gasteiger partial charge in [-0.15, -0.1) is 0 Å². The normalized spacial score (nSPS) is 11.5. The molecule has 24 heavy (non-hydrogen) atoms. The van der Waals surface area contributed by atoms with Crippen LogP contribution in [0.5, 0.6) is 5.75 Å². The van der Waals surface area contributed by atoms with Gasteiger partial charge in [-0.1, -0.05) is 36.4 Å². The molecule has 0 spiro atoms. The number of aryl methyl sites for hydroxylation is 1. The Morgan fingerprint density at radius 3 is 2.50 bits per heavy atom. The minimum absolute atomic E-state index is 0.156. The Morgan fingerprint density at radius 1 is 1.12 bits per heavy atom. The predicted molar refractivity (Wildman–Crippen MR) is 91.0 cm³/mol. The lowest BCUT2D eigenvalue weighted by atomic mass is 10.1. The molecule has 2 rings (SSSR count). The maximum Gasteiger partial charge on any atom is 0.338 e. The molecule has 0 heterocycles. The van der Waals surface area contributed by atoms with Gasteiger partial charge in [-0.3, -0.25) is 4.79 Å². The van der Waals surface area contributed by atoms with Crippen LogP contribution in [0.25, 0.3) is 0 Å². The maximum absolute atomic E-state index is 12.0. The lowest BCUT2D eigenvalue weighted by Crippen LogP contribution is -2.31. The summed E-state index contributed by atoms with van der Waals surface area (Å²) >= 11 is 0. The van der Waals surface area contributed by atoms with Crippen LogP contribution in [0.15, 0.2) is 48.5 Å². The second-order valence-corrected chi connectivity index (χ2v) is 5.46. The van der Waals surface area contributed by atoms with Crippen molar-refractivity contribution in [2.45, 2.75) is 19.9 Å². The maximum atomic E-state index is 12.0. The highest BCUT2D eigenvalue weighted by Crippen LogP contribution is 2.19. The molecule has 0 radical (unpaired) electrons. The highest BCUT2D eigenvalue weighted by molar-refractivity contribution is 5.91. The SMILES string of the molecule is COc1cc(C(=O)OCC(=O)N[C@H](C)c2ccccc2)ccc1C. The molecule has 0 aromatic heterocycles. The van der Waals surface area contributed by atoms with Crippen molar-refractivity contribution in [2.24, 2.45) is 0 Å². The van der Waals surface area contributed by atoms with E-state index in [0.717, 1.165) is 11.1 Å². The number of ether oxygens (including phenoxy) is 2. The molecule has 0 saturated heterocycles. The van der Waals surface area contributed by atoms with Gasteiger partial charge in [0.2, 0.25) is 0 Å². The van der Waals surface area contributed by atoms with Crippen molar-refractivity contribution in [3.63, 3.8) is 0 Å². The van der Waals surface area contributed by atoms with E-state index in [1.54, 1.807) is 18.2 Å². The molecule has 5 heteroatoms. The molecular formula is C19H21NO4. The monoisotopic (exact) mass is 327 g/mol. The highest BCUT2D eigenvalue weighted by Gasteiger charge is 2.14. The van der Waals surface area contributed by atoms with Gasteiger partial charge in [0.1, 0.15) is 5.75 Å². The summed E-state index contributed by atoms with van der Waals surface area (Å²) in [6.45, 7) is 3.43. The summed E-state index contributed by atoms with van der Waals surface area (Å²) in [5.74, 6) is -0.304. The van der Waals surface area contributed by atoms with Crippen molar-refractivity contribution in [2.75, 3.05) is 13.7 Å². The topological polar surface area (TPSA) is 64.6 Å². The average molecular weight is 327 g/mol. The molecule has 0 aliphatic heterocycles. The van der Waals surface area contributed by atoms with Crippen molar-refractivity contribution in [1.29, 1.82) is 0 Å². The number of hydrogen-bond donors (Lipinski definition) is 1. The van der Waals surface area contributed by atoms with E-state index in [1.807, 2.05) is 44.2 Å². The molecule has 1 amide bonds. The van der Waals surface area contributed by atoms with Gasteiger partial charge in [-0.2, -0.15) is 0 Å². The first-order chi connectivity index (χ1) is 11.5. The van der Waals surface area contributed by atoms with Crippen LogP contribution in [-0.2, 0) is 9.53 Å². The molecule has 0 saturated carbocycles. The van der Waals surface area contributed by atoms with Gasteiger partial charge >= 0.3 is 5.97 Å². The van der Waals surface area contributed by atoms with E-state index in [1.165, 1.54) is 7.11 Å². The van der Waals surface area contributed by atoms with E-state index in [-0.39, 0.29) is 18.6 Å². The standard InChI is InChI=1S/C19H21NO4/c1-13-9-10-16(11-17(13)23-3)19(22)24-12-18(21)20-14(2)15-7-5-4-6-8-15/h4-11,14H,12H2,1-3H3,(H,20,21)/t14-/m1/s1. The Labute approximate surface area is 141 Å². The highest BCUT2D eigenvalue weighted by atomic mass is 16.5. The van der Waals surface area contributed by atoms with Crippen molar-refractivity contribution in [1.82, 2.24) is 5.32 Å². The van der Waals surface area contributed by atoms with Crippen molar-refractivity contribution < 1.29 is 19.1 Å². The van der Waals surface area contributed by atoms with Gasteiger partial charge in [0.25, 0.3) is 5.91 Å². The molecule has 2 aromatic carbocycles. The third-order valence-electron chi connectivity index (χ3n) is 3.66. The number of rotatable bonds is 6.